The van der Waals surface area contributed by atoms with Gasteiger partial charge in [0.2, 0.25) is 0 Å². The summed E-state index contributed by atoms with van der Waals surface area (Å²) in [6, 6.07) is 4.62. The Morgan fingerprint density at radius 3 is 2.70 bits per heavy atom. The minimum atomic E-state index is -1.12. The van der Waals surface area contributed by atoms with Crippen LogP contribution in [-0.2, 0) is 13.5 Å². The molecular formula is C13H14N4O3. The van der Waals surface area contributed by atoms with Crippen LogP contribution < -0.4 is 5.32 Å². The van der Waals surface area contributed by atoms with Crippen LogP contribution in [0.3, 0.4) is 0 Å². The summed E-state index contributed by atoms with van der Waals surface area (Å²) in [6.45, 7) is 0.455. The quantitative estimate of drug-likeness (QED) is 0.826. The van der Waals surface area contributed by atoms with Gasteiger partial charge in [-0.15, -0.1) is 0 Å². The lowest BCUT2D eigenvalue weighted by Crippen LogP contribution is -2.26. The average Bonchev–Trinajstić information content (AvgIpc) is 2.84. The van der Waals surface area contributed by atoms with Crippen molar-refractivity contribution >= 4 is 11.9 Å². The summed E-state index contributed by atoms with van der Waals surface area (Å²) in [4.78, 5) is 26.1. The molecule has 1 amide bonds. The second kappa shape index (κ2) is 5.96. The molecule has 2 aromatic heterocycles. The molecule has 7 nitrogen and oxygen atoms in total. The molecule has 0 atom stereocenters. The van der Waals surface area contributed by atoms with Gasteiger partial charge in [0.1, 0.15) is 5.69 Å². The van der Waals surface area contributed by atoms with Gasteiger partial charge in [-0.25, -0.2) is 9.78 Å². The Balaban J connectivity index is 1.86. The molecule has 0 fully saturated rings. The molecule has 0 saturated heterocycles. The Morgan fingerprint density at radius 1 is 1.35 bits per heavy atom. The number of aromatic nitrogens is 3. The number of carbonyl (C=O) groups excluding carboxylic acids is 1. The Labute approximate surface area is 115 Å². The number of carboxylic acid groups (broad SMARTS) is 1. The Bertz CT molecular complexity index is 619. The van der Waals surface area contributed by atoms with Crippen molar-refractivity contribution in [1.29, 1.82) is 0 Å². The number of rotatable bonds is 5. The summed E-state index contributed by atoms with van der Waals surface area (Å²) in [5, 5.41) is 15.6. The highest BCUT2D eigenvalue weighted by Crippen LogP contribution is 2.01. The van der Waals surface area contributed by atoms with E-state index < -0.39 is 5.97 Å². The van der Waals surface area contributed by atoms with Crippen LogP contribution in [-0.4, -0.2) is 38.3 Å². The van der Waals surface area contributed by atoms with Crippen LogP contribution in [0, 0.1) is 0 Å². The van der Waals surface area contributed by atoms with Crippen LogP contribution in [0.15, 0.2) is 30.6 Å². The average molecular weight is 274 g/mol. The van der Waals surface area contributed by atoms with Crippen LogP contribution >= 0.6 is 0 Å². The van der Waals surface area contributed by atoms with Crippen molar-refractivity contribution in [3.8, 4) is 0 Å². The topological polar surface area (TPSA) is 97.1 Å². The molecule has 0 aromatic carbocycles. The van der Waals surface area contributed by atoms with E-state index in [0.29, 0.717) is 18.5 Å². The van der Waals surface area contributed by atoms with E-state index >= 15 is 0 Å². The van der Waals surface area contributed by atoms with Crippen LogP contribution in [0.25, 0.3) is 0 Å². The molecule has 7 heteroatoms. The molecule has 2 rings (SSSR count). The molecule has 0 saturated carbocycles. The van der Waals surface area contributed by atoms with Gasteiger partial charge in [0.05, 0.1) is 11.3 Å². The second-order valence-electron chi connectivity index (χ2n) is 4.22. The van der Waals surface area contributed by atoms with Gasteiger partial charge in [-0.3, -0.25) is 9.48 Å². The number of pyridine rings is 1. The highest BCUT2D eigenvalue weighted by molar-refractivity contribution is 5.94. The summed E-state index contributed by atoms with van der Waals surface area (Å²) in [5.74, 6) is -1.41. The first-order chi connectivity index (χ1) is 9.56. The summed E-state index contributed by atoms with van der Waals surface area (Å²) in [5.41, 5.74) is 1.14. The molecule has 2 heterocycles. The Hall–Kier alpha value is -2.70. The number of carbonyl (C=O) groups is 2. The third-order valence-corrected chi connectivity index (χ3v) is 2.68. The van der Waals surface area contributed by atoms with Gasteiger partial charge in [-0.2, -0.15) is 5.10 Å². The lowest BCUT2D eigenvalue weighted by Gasteiger charge is -2.04. The standard InChI is InChI=1S/C13H14N4O3/c1-17-7-5-10(16-17)4-6-14-12(18)9-2-3-11(13(19)20)15-8-9/h2-3,5,7-8H,4,6H2,1H3,(H,14,18)(H,19,20). The summed E-state index contributed by atoms with van der Waals surface area (Å²) in [7, 11) is 1.83. The first-order valence-corrected chi connectivity index (χ1v) is 6.02. The highest BCUT2D eigenvalue weighted by atomic mass is 16.4. The van der Waals surface area contributed by atoms with E-state index in [-0.39, 0.29) is 11.6 Å². The van der Waals surface area contributed by atoms with Crippen molar-refractivity contribution < 1.29 is 14.7 Å². The van der Waals surface area contributed by atoms with E-state index in [1.807, 2.05) is 19.3 Å². The van der Waals surface area contributed by atoms with Gasteiger partial charge >= 0.3 is 5.97 Å². The molecule has 0 aliphatic rings. The van der Waals surface area contributed by atoms with Crippen molar-refractivity contribution in [1.82, 2.24) is 20.1 Å². The molecular weight excluding hydrogens is 260 g/mol. The van der Waals surface area contributed by atoms with Gasteiger partial charge < -0.3 is 10.4 Å². The Morgan fingerprint density at radius 2 is 2.15 bits per heavy atom. The molecule has 104 valence electrons. The minimum absolute atomic E-state index is 0.0879. The predicted molar refractivity (Wildman–Crippen MR) is 70.4 cm³/mol. The lowest BCUT2D eigenvalue weighted by molar-refractivity contribution is 0.0689. The fourth-order valence-electron chi connectivity index (χ4n) is 1.66. The van der Waals surface area contributed by atoms with E-state index in [0.717, 1.165) is 5.69 Å². The van der Waals surface area contributed by atoms with Crippen molar-refractivity contribution in [2.45, 2.75) is 6.42 Å². The maximum Gasteiger partial charge on any atom is 0.354 e. The third kappa shape index (κ3) is 3.41. The molecule has 20 heavy (non-hydrogen) atoms. The van der Waals surface area contributed by atoms with E-state index in [1.165, 1.54) is 18.3 Å². The number of amides is 1. The first-order valence-electron chi connectivity index (χ1n) is 6.02. The summed E-state index contributed by atoms with van der Waals surface area (Å²) >= 11 is 0. The summed E-state index contributed by atoms with van der Waals surface area (Å²) in [6.07, 6.45) is 3.72. The zero-order valence-corrected chi connectivity index (χ0v) is 10.9. The van der Waals surface area contributed by atoms with E-state index in [9.17, 15) is 9.59 Å². The van der Waals surface area contributed by atoms with Gasteiger partial charge in [0, 0.05) is 32.4 Å². The van der Waals surface area contributed by atoms with E-state index in [4.69, 9.17) is 5.11 Å². The summed E-state index contributed by atoms with van der Waals surface area (Å²) < 4.78 is 1.70. The lowest BCUT2D eigenvalue weighted by atomic mass is 10.2. The van der Waals surface area contributed by atoms with Crippen LogP contribution in [0.2, 0.25) is 0 Å². The maximum atomic E-state index is 11.8. The largest absolute Gasteiger partial charge is 0.477 e. The van der Waals surface area contributed by atoms with Crippen LogP contribution in [0.1, 0.15) is 26.5 Å². The number of hydrogen-bond acceptors (Lipinski definition) is 4. The van der Waals surface area contributed by atoms with Crippen molar-refractivity contribution in [3.63, 3.8) is 0 Å². The number of carboxylic acids is 1. The number of aromatic carboxylic acids is 1. The van der Waals surface area contributed by atoms with E-state index in [1.54, 1.807) is 4.68 Å². The number of nitrogens with one attached hydrogen (secondary N) is 1. The minimum Gasteiger partial charge on any atom is -0.477 e. The fraction of sp³-hybridized carbons (Fsp3) is 0.231. The third-order valence-electron chi connectivity index (χ3n) is 2.68. The van der Waals surface area contributed by atoms with Crippen LogP contribution in [0.5, 0.6) is 0 Å². The number of aryl methyl sites for hydroxylation is 1. The van der Waals surface area contributed by atoms with Crippen LogP contribution in [0.4, 0.5) is 0 Å². The molecule has 0 bridgehead atoms. The predicted octanol–water partition coefficient (Wildman–Crippen LogP) is 0.486. The smallest absolute Gasteiger partial charge is 0.354 e. The van der Waals surface area contributed by atoms with Gasteiger partial charge in [0.25, 0.3) is 5.91 Å². The molecule has 0 radical (unpaired) electrons. The fourth-order valence-corrected chi connectivity index (χ4v) is 1.66. The SMILES string of the molecule is Cn1ccc(CCNC(=O)c2ccc(C(=O)O)nc2)n1. The molecule has 0 unspecified atom stereocenters. The van der Waals surface area contributed by atoms with Gasteiger partial charge in [-0.1, -0.05) is 0 Å². The second-order valence-corrected chi connectivity index (χ2v) is 4.22. The zero-order valence-electron chi connectivity index (χ0n) is 10.9. The van der Waals surface area contributed by atoms with Gasteiger partial charge in [-0.05, 0) is 18.2 Å². The van der Waals surface area contributed by atoms with Crippen molar-refractivity contribution in [3.05, 3.63) is 47.5 Å². The normalized spacial score (nSPS) is 10.2. The first kappa shape index (κ1) is 13.7. The van der Waals surface area contributed by atoms with E-state index in [2.05, 4.69) is 15.4 Å². The Kier molecular flexibility index (Phi) is 4.09. The van der Waals surface area contributed by atoms with Crippen molar-refractivity contribution in [2.24, 2.45) is 7.05 Å². The molecule has 2 N–H and O–H groups in total. The molecule has 0 aliphatic heterocycles. The molecule has 0 aliphatic carbocycles. The van der Waals surface area contributed by atoms with Crippen molar-refractivity contribution in [2.75, 3.05) is 6.54 Å². The number of nitrogens with zero attached hydrogens (tertiary/aromatic N) is 3. The van der Waals surface area contributed by atoms with Gasteiger partial charge in [0.15, 0.2) is 0 Å². The number of hydrogen-bond donors (Lipinski definition) is 2. The molecule has 0 spiro atoms. The highest BCUT2D eigenvalue weighted by Gasteiger charge is 2.08. The monoisotopic (exact) mass is 274 g/mol. The maximum absolute atomic E-state index is 11.8. The zero-order chi connectivity index (χ0) is 14.5. The molecule has 2 aromatic rings.